The zero-order valence-electron chi connectivity index (χ0n) is 16.7. The van der Waals surface area contributed by atoms with Crippen LogP contribution in [0.4, 0.5) is 0 Å². The van der Waals surface area contributed by atoms with Crippen LogP contribution in [0, 0.1) is 0 Å². The first kappa shape index (κ1) is 20.3. The number of carbonyl (C=O) groups excluding carboxylic acids is 3. The van der Waals surface area contributed by atoms with Crippen LogP contribution in [0.3, 0.4) is 0 Å². The number of hydrogen-bond acceptors (Lipinski definition) is 7. The maximum Gasteiger partial charge on any atom is 0.289 e. The van der Waals surface area contributed by atoms with Crippen LogP contribution in [0.2, 0.25) is 0 Å². The average molecular weight is 456 g/mol. The summed E-state index contributed by atoms with van der Waals surface area (Å²) >= 11 is 2.73. The van der Waals surface area contributed by atoms with E-state index in [4.69, 9.17) is 4.42 Å². The van der Waals surface area contributed by atoms with Gasteiger partial charge in [0.25, 0.3) is 11.8 Å². The molecule has 7 nitrogen and oxygen atoms in total. The lowest BCUT2D eigenvalue weighted by Gasteiger charge is -2.30. The second kappa shape index (κ2) is 8.47. The lowest BCUT2D eigenvalue weighted by atomic mass is 9.97. The third-order valence-corrected chi connectivity index (χ3v) is 7.78. The molecule has 160 valence electrons. The molecule has 2 fully saturated rings. The average Bonchev–Trinajstić information content (AvgIpc) is 3.53. The van der Waals surface area contributed by atoms with Crippen LogP contribution in [-0.2, 0) is 4.79 Å². The summed E-state index contributed by atoms with van der Waals surface area (Å²) in [5, 5.41) is 6.39. The van der Waals surface area contributed by atoms with Crippen molar-refractivity contribution in [1.29, 1.82) is 0 Å². The van der Waals surface area contributed by atoms with E-state index in [-0.39, 0.29) is 22.8 Å². The molecule has 9 heteroatoms. The number of amides is 2. The Morgan fingerprint density at radius 1 is 1.16 bits per heavy atom. The Balaban J connectivity index is 1.19. The number of nitrogens with one attached hydrogen (secondary N) is 1. The molecule has 2 aliphatic heterocycles. The molecule has 0 aliphatic carbocycles. The van der Waals surface area contributed by atoms with E-state index >= 15 is 0 Å². The van der Waals surface area contributed by atoms with Crippen LogP contribution in [0.5, 0.6) is 0 Å². The summed E-state index contributed by atoms with van der Waals surface area (Å²) in [4.78, 5) is 43.3. The molecule has 2 saturated heterocycles. The number of likely N-dealkylation sites (tertiary alicyclic amines) is 1. The van der Waals surface area contributed by atoms with Gasteiger partial charge in [0, 0.05) is 35.5 Å². The van der Waals surface area contributed by atoms with Gasteiger partial charge < -0.3 is 14.6 Å². The summed E-state index contributed by atoms with van der Waals surface area (Å²) < 4.78 is 5.71. The molecule has 2 aliphatic rings. The number of thioether (sulfide) groups is 1. The molecule has 1 unspecified atom stereocenters. The molecule has 4 heterocycles. The van der Waals surface area contributed by atoms with Crippen LogP contribution in [0.1, 0.15) is 51.2 Å². The number of piperidine rings is 1. The van der Waals surface area contributed by atoms with Crippen molar-refractivity contribution < 1.29 is 18.8 Å². The van der Waals surface area contributed by atoms with Crippen LogP contribution >= 0.6 is 23.1 Å². The minimum absolute atomic E-state index is 0.0188. The Bertz CT molecular complexity index is 1110. The number of fused-ring (bicyclic) bond motifs is 1. The molecular weight excluding hydrogens is 434 g/mol. The van der Waals surface area contributed by atoms with E-state index in [1.165, 1.54) is 23.1 Å². The highest BCUT2D eigenvalue weighted by Gasteiger charge is 2.30. The SMILES string of the molecule is O=C(NC1CCSC1=O)c1csc(C2CCN(C(=O)c3cc4ccccc4o3)CC2)n1. The predicted molar refractivity (Wildman–Crippen MR) is 120 cm³/mol. The Labute approximate surface area is 187 Å². The molecule has 1 atom stereocenters. The van der Waals surface area contributed by atoms with Gasteiger partial charge in [-0.25, -0.2) is 4.98 Å². The van der Waals surface area contributed by atoms with Gasteiger partial charge in [-0.3, -0.25) is 14.4 Å². The van der Waals surface area contributed by atoms with Gasteiger partial charge in [0.2, 0.25) is 5.12 Å². The first-order valence-corrected chi connectivity index (χ1v) is 12.2. The Kier molecular flexibility index (Phi) is 5.54. The van der Waals surface area contributed by atoms with Crippen molar-refractivity contribution in [2.45, 2.75) is 31.2 Å². The second-order valence-corrected chi connectivity index (χ2v) is 9.76. The summed E-state index contributed by atoms with van der Waals surface area (Å²) in [6, 6.07) is 8.98. The van der Waals surface area contributed by atoms with E-state index in [1.54, 1.807) is 11.4 Å². The summed E-state index contributed by atoms with van der Waals surface area (Å²) in [5.74, 6) is 0.952. The number of aromatic nitrogens is 1. The monoisotopic (exact) mass is 455 g/mol. The quantitative estimate of drug-likeness (QED) is 0.645. The van der Waals surface area contributed by atoms with Crippen LogP contribution in [0.25, 0.3) is 11.0 Å². The number of hydrogen-bond donors (Lipinski definition) is 1. The van der Waals surface area contributed by atoms with E-state index < -0.39 is 6.04 Å². The first-order chi connectivity index (χ1) is 15.1. The van der Waals surface area contributed by atoms with Crippen LogP contribution < -0.4 is 5.32 Å². The van der Waals surface area contributed by atoms with Crippen LogP contribution in [0.15, 0.2) is 40.1 Å². The van der Waals surface area contributed by atoms with Gasteiger partial charge in [-0.05, 0) is 31.4 Å². The molecular formula is C22H21N3O4S2. The van der Waals surface area contributed by atoms with Gasteiger partial charge in [0.15, 0.2) is 5.76 Å². The van der Waals surface area contributed by atoms with Crippen molar-refractivity contribution in [3.8, 4) is 0 Å². The van der Waals surface area contributed by atoms with E-state index in [1.807, 2.05) is 29.2 Å². The minimum atomic E-state index is -0.407. The van der Waals surface area contributed by atoms with Crippen LogP contribution in [-0.4, -0.2) is 51.7 Å². The minimum Gasteiger partial charge on any atom is -0.451 e. The van der Waals surface area contributed by atoms with Crippen molar-refractivity contribution in [2.75, 3.05) is 18.8 Å². The first-order valence-electron chi connectivity index (χ1n) is 10.3. The smallest absolute Gasteiger partial charge is 0.289 e. The number of carbonyl (C=O) groups is 3. The summed E-state index contributed by atoms with van der Waals surface area (Å²) in [7, 11) is 0. The zero-order chi connectivity index (χ0) is 21.4. The molecule has 0 radical (unpaired) electrons. The number of para-hydroxylation sites is 1. The van der Waals surface area contributed by atoms with Crippen molar-refractivity contribution >= 4 is 51.0 Å². The maximum absolute atomic E-state index is 12.8. The van der Waals surface area contributed by atoms with Gasteiger partial charge in [0.1, 0.15) is 11.3 Å². The van der Waals surface area contributed by atoms with Crippen molar-refractivity contribution in [3.63, 3.8) is 0 Å². The highest BCUT2D eigenvalue weighted by molar-refractivity contribution is 8.14. The van der Waals surface area contributed by atoms with E-state index in [0.29, 0.717) is 36.5 Å². The third kappa shape index (κ3) is 4.12. The predicted octanol–water partition coefficient (Wildman–Crippen LogP) is 3.67. The standard InChI is InChI=1S/C22H21N3O4S2/c26-19(23-15-7-10-30-22(15)28)16-12-31-20(24-16)13-5-8-25(9-6-13)21(27)18-11-14-3-1-2-4-17(14)29-18/h1-4,11-13,15H,5-10H2,(H,23,26). The lowest BCUT2D eigenvalue weighted by molar-refractivity contribution is -0.112. The molecule has 1 N–H and O–H groups in total. The van der Waals surface area contributed by atoms with Crippen molar-refractivity contribution in [2.24, 2.45) is 0 Å². The summed E-state index contributed by atoms with van der Waals surface area (Å²) in [5.41, 5.74) is 1.08. The highest BCUT2D eigenvalue weighted by atomic mass is 32.2. The molecule has 3 aromatic rings. The van der Waals surface area contributed by atoms with Gasteiger partial charge >= 0.3 is 0 Å². The van der Waals surface area contributed by atoms with Gasteiger partial charge in [-0.2, -0.15) is 0 Å². The second-order valence-electron chi connectivity index (χ2n) is 7.77. The third-order valence-electron chi connectivity index (χ3n) is 5.76. The molecule has 0 spiro atoms. The maximum atomic E-state index is 12.8. The fourth-order valence-electron chi connectivity index (χ4n) is 4.01. The number of furan rings is 1. The molecule has 31 heavy (non-hydrogen) atoms. The lowest BCUT2D eigenvalue weighted by Crippen LogP contribution is -2.38. The van der Waals surface area contributed by atoms with Gasteiger partial charge in [-0.15, -0.1) is 11.3 Å². The molecule has 2 amide bonds. The van der Waals surface area contributed by atoms with E-state index in [0.717, 1.165) is 29.0 Å². The van der Waals surface area contributed by atoms with E-state index in [2.05, 4.69) is 10.3 Å². The van der Waals surface area contributed by atoms with E-state index in [9.17, 15) is 14.4 Å². The fourth-order valence-corrected chi connectivity index (χ4v) is 5.92. The molecule has 0 saturated carbocycles. The normalized spacial score (nSPS) is 19.8. The number of thiazole rings is 1. The molecule has 1 aromatic carbocycles. The Morgan fingerprint density at radius 2 is 1.97 bits per heavy atom. The van der Waals surface area contributed by atoms with Gasteiger partial charge in [-0.1, -0.05) is 30.0 Å². The summed E-state index contributed by atoms with van der Waals surface area (Å²) in [6.07, 6.45) is 2.25. The molecule has 2 aromatic heterocycles. The molecule has 5 rings (SSSR count). The molecule has 0 bridgehead atoms. The number of rotatable bonds is 4. The van der Waals surface area contributed by atoms with Gasteiger partial charge in [0.05, 0.1) is 11.0 Å². The Morgan fingerprint density at radius 3 is 2.71 bits per heavy atom. The highest BCUT2D eigenvalue weighted by Crippen LogP contribution is 2.31. The number of benzene rings is 1. The fraction of sp³-hybridized carbons (Fsp3) is 0.364. The van der Waals surface area contributed by atoms with Crippen molar-refractivity contribution in [3.05, 3.63) is 52.2 Å². The topological polar surface area (TPSA) is 92.5 Å². The number of nitrogens with zero attached hydrogens (tertiary/aromatic N) is 2. The Hall–Kier alpha value is -2.65. The van der Waals surface area contributed by atoms with Crippen molar-refractivity contribution in [1.82, 2.24) is 15.2 Å². The summed E-state index contributed by atoms with van der Waals surface area (Å²) in [6.45, 7) is 1.24. The largest absolute Gasteiger partial charge is 0.451 e. The zero-order valence-corrected chi connectivity index (χ0v) is 18.3.